The molecule has 0 saturated carbocycles. The Morgan fingerprint density at radius 3 is 2.10 bits per heavy atom. The van der Waals surface area contributed by atoms with E-state index >= 15 is 0 Å². The zero-order valence-corrected chi connectivity index (χ0v) is 34.8. The molecular weight excluding hydrogens is 747 g/mol. The van der Waals surface area contributed by atoms with Crippen molar-refractivity contribution >= 4 is 45.0 Å². The van der Waals surface area contributed by atoms with Gasteiger partial charge in [0.15, 0.2) is 17.5 Å². The summed E-state index contributed by atoms with van der Waals surface area (Å²) in [5.41, 5.74) is 14.5. The quantitative estimate of drug-likeness (QED) is 0.120. The first-order chi connectivity index (χ1) is 29.1. The van der Waals surface area contributed by atoms with Crippen molar-refractivity contribution in [2.24, 2.45) is 0 Å². The minimum Gasteiger partial charge on any atom is -0.441 e. The van der Waals surface area contributed by atoms with Crippen molar-refractivity contribution in [3.8, 4) is 6.07 Å². The van der Waals surface area contributed by atoms with Crippen LogP contribution in [0.4, 0.5) is 11.6 Å². The van der Waals surface area contributed by atoms with Crippen LogP contribution in [0.1, 0.15) is 118 Å². The lowest BCUT2D eigenvalue weighted by atomic mass is 9.82. The van der Waals surface area contributed by atoms with Crippen molar-refractivity contribution in [3.05, 3.63) is 130 Å². The molecule has 10 nitrogen and oxygen atoms in total. The van der Waals surface area contributed by atoms with Crippen LogP contribution in [-0.2, 0) is 0 Å². The van der Waals surface area contributed by atoms with Gasteiger partial charge in [-0.1, -0.05) is 18.6 Å². The molecule has 4 aromatic carbocycles. The maximum Gasteiger partial charge on any atom is 0.195 e. The van der Waals surface area contributed by atoms with Crippen LogP contribution in [0.2, 0.25) is 0 Å². The van der Waals surface area contributed by atoms with Crippen molar-refractivity contribution in [1.82, 2.24) is 14.5 Å². The molecule has 4 saturated heterocycles. The molecule has 4 aliphatic rings. The molecule has 4 atom stereocenters. The number of nitriles is 1. The number of aromatic nitrogens is 1. The lowest BCUT2D eigenvalue weighted by Crippen LogP contribution is -2.44. The van der Waals surface area contributed by atoms with Gasteiger partial charge in [-0.15, -0.1) is 0 Å². The summed E-state index contributed by atoms with van der Waals surface area (Å²) in [7, 11) is 4.00. The van der Waals surface area contributed by atoms with Gasteiger partial charge in [0, 0.05) is 76.7 Å². The molecule has 0 radical (unpaired) electrons. The highest BCUT2D eigenvalue weighted by Gasteiger charge is 2.35. The number of rotatable bonds is 7. The van der Waals surface area contributed by atoms with Gasteiger partial charge >= 0.3 is 0 Å². The minimum absolute atomic E-state index is 0.0602. The van der Waals surface area contributed by atoms with Crippen LogP contribution in [-0.4, -0.2) is 78.4 Å². The third-order valence-corrected chi connectivity index (χ3v) is 13.8. The van der Waals surface area contributed by atoms with Crippen LogP contribution in [0.3, 0.4) is 0 Å². The second kappa shape index (κ2) is 16.6. The highest BCUT2D eigenvalue weighted by Crippen LogP contribution is 2.43. The summed E-state index contributed by atoms with van der Waals surface area (Å²) in [5.74, 6) is 7.63. The first kappa shape index (κ1) is 39.6. The second-order valence-electron chi connectivity index (χ2n) is 17.6. The van der Waals surface area contributed by atoms with Crippen molar-refractivity contribution in [3.63, 3.8) is 0 Å². The fourth-order valence-corrected chi connectivity index (χ4v) is 10.6. The summed E-state index contributed by atoms with van der Waals surface area (Å²) in [6, 6.07) is 29.5. The average Bonchev–Trinajstić information content (AvgIpc) is 3.99. The van der Waals surface area contributed by atoms with Gasteiger partial charge in [0.05, 0.1) is 17.1 Å². The molecular formula is C50H55N7O3. The number of carbonyl (C=O) groups is 2. The monoisotopic (exact) mass is 801 g/mol. The van der Waals surface area contributed by atoms with Gasteiger partial charge in [-0.25, -0.2) is 0 Å². The number of hydrogen-bond acceptors (Lipinski definition) is 9. The number of nitrogens with zero attached hydrogens (tertiary/aromatic N) is 5. The summed E-state index contributed by atoms with van der Waals surface area (Å²) in [6.45, 7) is 4.73. The van der Waals surface area contributed by atoms with E-state index in [4.69, 9.17) is 21.3 Å². The van der Waals surface area contributed by atoms with Crippen molar-refractivity contribution in [2.75, 3.05) is 56.8 Å². The number of ketones is 2. The maximum atomic E-state index is 13.2. The van der Waals surface area contributed by atoms with Crippen molar-refractivity contribution in [1.29, 1.82) is 5.26 Å². The molecule has 0 bridgehead atoms. The van der Waals surface area contributed by atoms with Crippen molar-refractivity contribution < 1.29 is 14.0 Å². The lowest BCUT2D eigenvalue weighted by molar-refractivity contribution is 0.0977. The molecule has 0 amide bonds. The summed E-state index contributed by atoms with van der Waals surface area (Å²) < 4.78 is 7.58. The second-order valence-corrected chi connectivity index (χ2v) is 17.6. The molecule has 4 fully saturated rings. The summed E-state index contributed by atoms with van der Waals surface area (Å²) >= 11 is 0. The maximum absolute atomic E-state index is 13.2. The van der Waals surface area contributed by atoms with E-state index in [9.17, 15) is 9.59 Å². The smallest absolute Gasteiger partial charge is 0.195 e. The SMILES string of the molecule is CN(C)c1ccc(C(=O)c2ccc3c(c2)c(C2CCN4CCCCC4C2)cn3N)cc1.N#Cc1cccc(C(=O)c2ccc3oc(N)c(C4CCN5CCCC5C4)c3c2)c1. The Morgan fingerprint density at radius 2 is 1.35 bits per heavy atom. The fraction of sp³-hybridized carbons (Fsp3) is 0.380. The zero-order chi connectivity index (χ0) is 41.5. The van der Waals surface area contributed by atoms with Crippen LogP contribution in [0.5, 0.6) is 0 Å². The Balaban J connectivity index is 0.000000154. The van der Waals surface area contributed by atoms with E-state index in [1.165, 1.54) is 70.1 Å². The molecule has 4 aliphatic heterocycles. The number of nitrogens with two attached hydrogens (primary N) is 2. The lowest BCUT2D eigenvalue weighted by Gasteiger charge is -2.42. The molecule has 0 spiro atoms. The van der Waals surface area contributed by atoms with Crippen LogP contribution in [0.25, 0.3) is 21.9 Å². The standard InChI is InChI=1S/C26H32N4O.C24H23N3O2/c1-28(2)21-9-6-18(7-10-21)26(31)20-8-11-25-23(16-20)24(17-30(25)27)19-12-14-29-13-4-3-5-22(29)15-19;25-14-15-3-1-4-17(11-15)23(28)18-6-7-21-20(13-18)22(24(26)29-21)16-8-10-27-9-2-5-19(27)12-16/h6-11,16-17,19,22H,3-5,12-15,27H2,1-2H3;1,3-4,6-7,11,13,16,19H,2,5,8-10,12,26H2. The van der Waals surface area contributed by atoms with Gasteiger partial charge in [0.25, 0.3) is 0 Å². The number of anilines is 2. The molecule has 0 aliphatic carbocycles. The molecule has 4 N–H and O–H groups in total. The van der Waals surface area contributed by atoms with E-state index in [-0.39, 0.29) is 11.6 Å². The normalized spacial score (nSPS) is 21.8. The van der Waals surface area contributed by atoms with Crippen molar-refractivity contribution in [2.45, 2.75) is 81.7 Å². The molecule has 308 valence electrons. The minimum atomic E-state index is -0.0969. The van der Waals surface area contributed by atoms with Gasteiger partial charge in [0.1, 0.15) is 5.58 Å². The Kier molecular flexibility index (Phi) is 11.0. The third-order valence-electron chi connectivity index (χ3n) is 13.8. The van der Waals surface area contributed by atoms with E-state index in [1.807, 2.05) is 67.5 Å². The number of fused-ring (bicyclic) bond motifs is 4. The highest BCUT2D eigenvalue weighted by molar-refractivity contribution is 6.11. The first-order valence-corrected chi connectivity index (χ1v) is 21.7. The predicted octanol–water partition coefficient (Wildman–Crippen LogP) is 8.84. The van der Waals surface area contributed by atoms with E-state index in [2.05, 4.69) is 28.1 Å². The summed E-state index contributed by atoms with van der Waals surface area (Å²) in [5, 5.41) is 11.2. The highest BCUT2D eigenvalue weighted by atomic mass is 16.3. The van der Waals surface area contributed by atoms with Gasteiger partial charge in [-0.3, -0.25) is 14.3 Å². The topological polar surface area (TPSA) is 138 Å². The molecule has 2 aromatic heterocycles. The van der Waals surface area contributed by atoms with Crippen LogP contribution < -0.4 is 16.5 Å². The van der Waals surface area contributed by atoms with E-state index in [0.29, 0.717) is 52.1 Å². The van der Waals surface area contributed by atoms with Crippen LogP contribution in [0.15, 0.2) is 95.5 Å². The molecule has 10 rings (SSSR count). The van der Waals surface area contributed by atoms with E-state index < -0.39 is 0 Å². The Labute approximate surface area is 352 Å². The number of nitrogen functional groups attached to an aromatic ring is 2. The third kappa shape index (κ3) is 7.68. The molecule has 10 heteroatoms. The zero-order valence-electron chi connectivity index (χ0n) is 34.8. The van der Waals surface area contributed by atoms with E-state index in [0.717, 1.165) is 58.1 Å². The predicted molar refractivity (Wildman–Crippen MR) is 239 cm³/mol. The van der Waals surface area contributed by atoms with Gasteiger partial charge in [0.2, 0.25) is 0 Å². The van der Waals surface area contributed by atoms with Crippen LogP contribution >= 0.6 is 0 Å². The largest absolute Gasteiger partial charge is 0.441 e. The molecule has 6 heterocycles. The number of carbonyl (C=O) groups excluding carboxylic acids is 2. The number of hydrogen-bond donors (Lipinski definition) is 2. The fourth-order valence-electron chi connectivity index (χ4n) is 10.6. The average molecular weight is 802 g/mol. The first-order valence-electron chi connectivity index (χ1n) is 21.7. The summed E-state index contributed by atoms with van der Waals surface area (Å²) in [4.78, 5) is 33.5. The van der Waals surface area contributed by atoms with Gasteiger partial charge in [-0.2, -0.15) is 5.26 Å². The van der Waals surface area contributed by atoms with Gasteiger partial charge < -0.3 is 30.7 Å². The molecule has 6 aromatic rings. The van der Waals surface area contributed by atoms with Gasteiger partial charge in [-0.05, 0) is 168 Å². The molecule has 60 heavy (non-hydrogen) atoms. The molecule has 4 unspecified atom stereocenters. The Morgan fingerprint density at radius 1 is 0.717 bits per heavy atom. The van der Waals surface area contributed by atoms with Crippen LogP contribution in [0, 0.1) is 11.3 Å². The summed E-state index contributed by atoms with van der Waals surface area (Å²) in [6.07, 6.45) is 13.1. The number of furan rings is 1. The number of piperidine rings is 3. The van der Waals surface area contributed by atoms with E-state index in [1.54, 1.807) is 35.0 Å². The number of benzene rings is 4. The Bertz CT molecular complexity index is 2600. The Hall–Kier alpha value is -5.89.